The highest BCUT2D eigenvalue weighted by atomic mass is 15.1. The lowest BCUT2D eigenvalue weighted by Crippen LogP contribution is -2.52. The van der Waals surface area contributed by atoms with Gasteiger partial charge in [-0.2, -0.15) is 5.26 Å². The predicted molar refractivity (Wildman–Crippen MR) is 51.2 cm³/mol. The smallest absolute Gasteiger partial charge is 0.109 e. The van der Waals surface area contributed by atoms with Crippen LogP contribution in [-0.2, 0) is 0 Å². The zero-order valence-corrected chi connectivity index (χ0v) is 8.21. The molecule has 1 saturated heterocycles. The van der Waals surface area contributed by atoms with Crippen LogP contribution >= 0.6 is 0 Å². The van der Waals surface area contributed by atoms with Crippen LogP contribution in [0.4, 0.5) is 0 Å². The van der Waals surface area contributed by atoms with E-state index in [-0.39, 0.29) is 5.54 Å². The van der Waals surface area contributed by atoms with E-state index in [1.165, 1.54) is 12.8 Å². The Balaban J connectivity index is 1.94. The molecule has 0 bridgehead atoms. The summed E-state index contributed by atoms with van der Waals surface area (Å²) in [5.74, 6) is 0. The first-order chi connectivity index (χ1) is 6.24. The van der Waals surface area contributed by atoms with Gasteiger partial charge in [0, 0.05) is 19.1 Å². The first-order valence-electron chi connectivity index (χ1n) is 5.12. The van der Waals surface area contributed by atoms with Crippen LogP contribution in [0.2, 0.25) is 0 Å². The molecule has 1 heterocycles. The van der Waals surface area contributed by atoms with E-state index < -0.39 is 0 Å². The van der Waals surface area contributed by atoms with E-state index in [2.05, 4.69) is 23.3 Å². The highest BCUT2D eigenvalue weighted by Crippen LogP contribution is 2.28. The monoisotopic (exact) mass is 179 g/mol. The van der Waals surface area contributed by atoms with Crippen molar-refractivity contribution in [3.8, 4) is 6.07 Å². The molecule has 0 aromatic heterocycles. The van der Waals surface area contributed by atoms with Gasteiger partial charge in [0.25, 0.3) is 0 Å². The third kappa shape index (κ3) is 2.01. The second-order valence-electron chi connectivity index (χ2n) is 4.42. The van der Waals surface area contributed by atoms with Crippen LogP contribution < -0.4 is 5.32 Å². The third-order valence-corrected chi connectivity index (χ3v) is 3.11. The van der Waals surface area contributed by atoms with Crippen LogP contribution in [0.3, 0.4) is 0 Å². The summed E-state index contributed by atoms with van der Waals surface area (Å²) in [7, 11) is 2.12. The average Bonchev–Trinajstić information content (AvgIpc) is 2.94. The fourth-order valence-corrected chi connectivity index (χ4v) is 1.91. The Bertz CT molecular complexity index is 219. The predicted octanol–water partition coefficient (Wildman–Crippen LogP) is 0.726. The van der Waals surface area contributed by atoms with Crippen molar-refractivity contribution in [3.05, 3.63) is 0 Å². The lowest BCUT2D eigenvalue weighted by Gasteiger charge is -2.36. The van der Waals surface area contributed by atoms with Gasteiger partial charge in [-0.15, -0.1) is 0 Å². The SMILES string of the molecule is CN1CCC(C#N)(NC2CC2)CC1. The Kier molecular flexibility index (Phi) is 2.27. The second-order valence-corrected chi connectivity index (χ2v) is 4.42. The number of nitrogens with zero attached hydrogens (tertiary/aromatic N) is 2. The molecule has 2 aliphatic rings. The zero-order chi connectivity index (χ0) is 9.31. The summed E-state index contributed by atoms with van der Waals surface area (Å²) in [4.78, 5) is 2.30. The molecule has 2 rings (SSSR count). The number of rotatable bonds is 2. The lowest BCUT2D eigenvalue weighted by molar-refractivity contribution is 0.194. The van der Waals surface area contributed by atoms with Gasteiger partial charge in [0.1, 0.15) is 5.54 Å². The van der Waals surface area contributed by atoms with E-state index in [4.69, 9.17) is 0 Å². The van der Waals surface area contributed by atoms with Crippen molar-refractivity contribution in [1.29, 1.82) is 5.26 Å². The molecule has 1 aliphatic carbocycles. The van der Waals surface area contributed by atoms with Crippen molar-refractivity contribution in [2.24, 2.45) is 0 Å². The Morgan fingerprint density at radius 1 is 1.38 bits per heavy atom. The van der Waals surface area contributed by atoms with Crippen LogP contribution in [-0.4, -0.2) is 36.6 Å². The van der Waals surface area contributed by atoms with Crippen LogP contribution in [0.25, 0.3) is 0 Å². The molecule has 0 radical (unpaired) electrons. The first-order valence-corrected chi connectivity index (χ1v) is 5.12. The summed E-state index contributed by atoms with van der Waals surface area (Å²) in [6.45, 7) is 2.10. The summed E-state index contributed by atoms with van der Waals surface area (Å²) < 4.78 is 0. The molecule has 72 valence electrons. The number of hydrogen-bond donors (Lipinski definition) is 1. The molecule has 3 nitrogen and oxygen atoms in total. The first kappa shape index (κ1) is 8.98. The maximum absolute atomic E-state index is 9.17. The van der Waals surface area contributed by atoms with Crippen LogP contribution in [0.5, 0.6) is 0 Å². The molecule has 1 aliphatic heterocycles. The fraction of sp³-hybridized carbons (Fsp3) is 0.900. The topological polar surface area (TPSA) is 39.1 Å². The van der Waals surface area contributed by atoms with Gasteiger partial charge in [0.05, 0.1) is 6.07 Å². The van der Waals surface area contributed by atoms with Crippen molar-refractivity contribution < 1.29 is 0 Å². The Labute approximate surface area is 79.7 Å². The standard InChI is InChI=1S/C10H17N3/c1-13-6-4-10(8-11,5-7-13)12-9-2-3-9/h9,12H,2-7H2,1H3. The quantitative estimate of drug-likeness (QED) is 0.679. The van der Waals surface area contributed by atoms with Gasteiger partial charge in [-0.25, -0.2) is 0 Å². The Morgan fingerprint density at radius 3 is 2.46 bits per heavy atom. The number of nitrogens with one attached hydrogen (secondary N) is 1. The molecule has 0 aromatic rings. The lowest BCUT2D eigenvalue weighted by atomic mass is 9.89. The van der Waals surface area contributed by atoms with E-state index in [1.54, 1.807) is 0 Å². The Morgan fingerprint density at radius 2 is 2.00 bits per heavy atom. The fourth-order valence-electron chi connectivity index (χ4n) is 1.91. The minimum atomic E-state index is -0.201. The molecular formula is C10H17N3. The number of nitriles is 1. The maximum Gasteiger partial charge on any atom is 0.109 e. The van der Waals surface area contributed by atoms with Gasteiger partial charge in [-0.3, -0.25) is 5.32 Å². The van der Waals surface area contributed by atoms with E-state index in [0.717, 1.165) is 25.9 Å². The largest absolute Gasteiger partial charge is 0.306 e. The van der Waals surface area contributed by atoms with Gasteiger partial charge in [-0.1, -0.05) is 0 Å². The van der Waals surface area contributed by atoms with E-state index in [0.29, 0.717) is 6.04 Å². The highest BCUT2D eigenvalue weighted by Gasteiger charge is 2.38. The molecule has 0 spiro atoms. The summed E-state index contributed by atoms with van der Waals surface area (Å²) in [5.41, 5.74) is -0.201. The maximum atomic E-state index is 9.17. The third-order valence-electron chi connectivity index (χ3n) is 3.11. The number of hydrogen-bond acceptors (Lipinski definition) is 3. The van der Waals surface area contributed by atoms with Gasteiger partial charge in [-0.05, 0) is 32.7 Å². The van der Waals surface area contributed by atoms with Gasteiger partial charge >= 0.3 is 0 Å². The molecule has 0 atom stereocenters. The van der Waals surface area contributed by atoms with Crippen LogP contribution in [0.15, 0.2) is 0 Å². The van der Waals surface area contributed by atoms with Gasteiger partial charge in [0.15, 0.2) is 0 Å². The van der Waals surface area contributed by atoms with Crippen molar-refractivity contribution in [1.82, 2.24) is 10.2 Å². The summed E-state index contributed by atoms with van der Waals surface area (Å²) in [6.07, 6.45) is 4.49. The number of likely N-dealkylation sites (tertiary alicyclic amines) is 1. The van der Waals surface area contributed by atoms with Crippen molar-refractivity contribution in [3.63, 3.8) is 0 Å². The molecule has 1 N–H and O–H groups in total. The van der Waals surface area contributed by atoms with E-state index >= 15 is 0 Å². The molecule has 0 aromatic carbocycles. The average molecular weight is 179 g/mol. The van der Waals surface area contributed by atoms with Crippen LogP contribution in [0.1, 0.15) is 25.7 Å². The molecule has 13 heavy (non-hydrogen) atoms. The molecular weight excluding hydrogens is 162 g/mol. The minimum absolute atomic E-state index is 0.201. The van der Waals surface area contributed by atoms with Crippen molar-refractivity contribution >= 4 is 0 Å². The second kappa shape index (κ2) is 3.28. The molecule has 0 unspecified atom stereocenters. The zero-order valence-electron chi connectivity index (χ0n) is 8.21. The molecule has 0 amide bonds. The number of piperidine rings is 1. The normalized spacial score (nSPS) is 28.3. The molecule has 1 saturated carbocycles. The molecule has 3 heteroatoms. The van der Waals surface area contributed by atoms with Crippen molar-refractivity contribution in [2.45, 2.75) is 37.3 Å². The summed E-state index contributed by atoms with van der Waals surface area (Å²) in [6, 6.07) is 3.11. The Hall–Kier alpha value is -0.590. The minimum Gasteiger partial charge on any atom is -0.306 e. The van der Waals surface area contributed by atoms with Crippen molar-refractivity contribution in [2.75, 3.05) is 20.1 Å². The van der Waals surface area contributed by atoms with Gasteiger partial charge < -0.3 is 4.90 Å². The highest BCUT2D eigenvalue weighted by molar-refractivity contribution is 5.11. The summed E-state index contributed by atoms with van der Waals surface area (Å²) >= 11 is 0. The van der Waals surface area contributed by atoms with E-state index in [9.17, 15) is 5.26 Å². The molecule has 2 fully saturated rings. The summed E-state index contributed by atoms with van der Waals surface area (Å²) in [5, 5.41) is 12.7. The van der Waals surface area contributed by atoms with E-state index in [1.807, 2.05) is 0 Å². The van der Waals surface area contributed by atoms with Gasteiger partial charge in [0.2, 0.25) is 0 Å². The van der Waals surface area contributed by atoms with Crippen LogP contribution in [0, 0.1) is 11.3 Å².